The second kappa shape index (κ2) is 11.6. The second-order valence-corrected chi connectivity index (χ2v) is 10.9. The van der Waals surface area contributed by atoms with Gasteiger partial charge in [0.05, 0.1) is 23.5 Å². The Bertz CT molecular complexity index is 1630. The molecule has 206 valence electrons. The molecule has 3 aromatic rings. The smallest absolute Gasteiger partial charge is 0.339 e. The van der Waals surface area contributed by atoms with Crippen LogP contribution in [0.2, 0.25) is 0 Å². The lowest BCUT2D eigenvalue weighted by molar-refractivity contribution is -0.384. The standard InChI is InChI=1S/C26H21N3O9S2/c1-16(30)27-19-6-10-21(11-7-19)40(35,36)38-23-13-18(5-12-22(23)37-2)14-24-25(31)28(26(32)39-24)15-17-3-8-20(9-4-17)29(33)34/h3-14H,15H2,1-2H3,(H,27,30)/b24-14-. The number of hydrogen-bond donors (Lipinski definition) is 1. The number of nitro groups is 1. The molecule has 0 radical (unpaired) electrons. The van der Waals surface area contributed by atoms with Crippen LogP contribution in [0, 0.1) is 10.1 Å². The van der Waals surface area contributed by atoms with E-state index in [-0.39, 0.29) is 39.4 Å². The molecule has 40 heavy (non-hydrogen) atoms. The fourth-order valence-corrected chi connectivity index (χ4v) is 5.39. The number of nitrogens with one attached hydrogen (secondary N) is 1. The summed E-state index contributed by atoms with van der Waals surface area (Å²) >= 11 is 0.705. The summed E-state index contributed by atoms with van der Waals surface area (Å²) in [5.41, 5.74) is 1.20. The molecule has 14 heteroatoms. The number of methoxy groups -OCH3 is 1. The largest absolute Gasteiger partial charge is 0.493 e. The van der Waals surface area contributed by atoms with Crippen molar-refractivity contribution >= 4 is 56.4 Å². The Morgan fingerprint density at radius 1 is 1.05 bits per heavy atom. The second-order valence-electron chi connectivity index (χ2n) is 8.34. The number of carbonyl (C=O) groups excluding carboxylic acids is 3. The quantitative estimate of drug-likeness (QED) is 0.163. The Balaban J connectivity index is 1.54. The predicted octanol–water partition coefficient (Wildman–Crippen LogP) is 4.57. The van der Waals surface area contributed by atoms with Crippen molar-refractivity contribution in [2.75, 3.05) is 12.4 Å². The van der Waals surface area contributed by atoms with Crippen molar-refractivity contribution in [3.63, 3.8) is 0 Å². The van der Waals surface area contributed by atoms with Crippen LogP contribution in [0.1, 0.15) is 18.1 Å². The van der Waals surface area contributed by atoms with E-state index in [2.05, 4.69) is 5.32 Å². The van der Waals surface area contributed by atoms with Crippen LogP contribution in [0.15, 0.2) is 76.5 Å². The lowest BCUT2D eigenvalue weighted by Crippen LogP contribution is -2.27. The van der Waals surface area contributed by atoms with Crippen LogP contribution in [0.5, 0.6) is 11.5 Å². The number of nitro benzene ring substituents is 1. The number of thioether (sulfide) groups is 1. The number of hydrogen-bond acceptors (Lipinski definition) is 10. The molecule has 1 aliphatic rings. The highest BCUT2D eigenvalue weighted by Gasteiger charge is 2.35. The van der Waals surface area contributed by atoms with E-state index in [9.17, 15) is 32.9 Å². The maximum Gasteiger partial charge on any atom is 0.339 e. The lowest BCUT2D eigenvalue weighted by atomic mass is 10.1. The number of nitrogens with zero attached hydrogens (tertiary/aromatic N) is 2. The average molecular weight is 584 g/mol. The number of ether oxygens (including phenoxy) is 1. The van der Waals surface area contributed by atoms with Crippen LogP contribution >= 0.6 is 11.8 Å². The number of anilines is 1. The van der Waals surface area contributed by atoms with Crippen molar-refractivity contribution in [3.05, 3.63) is 92.9 Å². The molecule has 1 saturated heterocycles. The summed E-state index contributed by atoms with van der Waals surface area (Å²) in [6.07, 6.45) is 1.42. The summed E-state index contributed by atoms with van der Waals surface area (Å²) in [6.45, 7) is 1.25. The first-order valence-electron chi connectivity index (χ1n) is 11.5. The Labute approximate surface area is 232 Å². The number of rotatable bonds is 9. The van der Waals surface area contributed by atoms with E-state index in [1.165, 1.54) is 80.8 Å². The number of non-ortho nitro benzene ring substituents is 1. The Morgan fingerprint density at radius 3 is 2.33 bits per heavy atom. The van der Waals surface area contributed by atoms with Gasteiger partial charge in [-0.1, -0.05) is 18.2 Å². The zero-order valence-electron chi connectivity index (χ0n) is 21.0. The van der Waals surface area contributed by atoms with E-state index < -0.39 is 26.2 Å². The van der Waals surface area contributed by atoms with Gasteiger partial charge in [0.15, 0.2) is 11.5 Å². The summed E-state index contributed by atoms with van der Waals surface area (Å²) in [4.78, 5) is 47.9. The van der Waals surface area contributed by atoms with E-state index in [0.29, 0.717) is 28.6 Å². The molecule has 0 aliphatic carbocycles. The third kappa shape index (κ3) is 6.47. The number of carbonyl (C=O) groups is 3. The first-order valence-corrected chi connectivity index (χ1v) is 13.7. The van der Waals surface area contributed by atoms with E-state index in [0.717, 1.165) is 4.90 Å². The van der Waals surface area contributed by atoms with E-state index in [1.807, 2.05) is 0 Å². The van der Waals surface area contributed by atoms with Crippen LogP contribution in [0.3, 0.4) is 0 Å². The average Bonchev–Trinajstić information content (AvgIpc) is 3.16. The Morgan fingerprint density at radius 2 is 1.73 bits per heavy atom. The number of imide groups is 1. The summed E-state index contributed by atoms with van der Waals surface area (Å²) in [7, 11) is -2.96. The predicted molar refractivity (Wildman–Crippen MR) is 146 cm³/mol. The molecule has 0 spiro atoms. The Kier molecular flexibility index (Phi) is 8.21. The zero-order chi connectivity index (χ0) is 29.0. The van der Waals surface area contributed by atoms with Crippen LogP contribution in [-0.4, -0.2) is 42.4 Å². The van der Waals surface area contributed by atoms with Gasteiger partial charge in [-0.05, 0) is 65.4 Å². The fraction of sp³-hybridized carbons (Fsp3) is 0.115. The molecule has 0 unspecified atom stereocenters. The van der Waals surface area contributed by atoms with E-state index >= 15 is 0 Å². The van der Waals surface area contributed by atoms with Gasteiger partial charge in [-0.25, -0.2) is 0 Å². The van der Waals surface area contributed by atoms with E-state index in [4.69, 9.17) is 8.92 Å². The van der Waals surface area contributed by atoms with Crippen molar-refractivity contribution in [2.45, 2.75) is 18.4 Å². The fourth-order valence-electron chi connectivity index (χ4n) is 3.62. The van der Waals surface area contributed by atoms with Crippen LogP contribution in [0.4, 0.5) is 16.2 Å². The van der Waals surface area contributed by atoms with Crippen molar-refractivity contribution in [1.82, 2.24) is 4.90 Å². The molecule has 1 aliphatic heterocycles. The zero-order valence-corrected chi connectivity index (χ0v) is 22.7. The highest BCUT2D eigenvalue weighted by molar-refractivity contribution is 8.18. The van der Waals surface area contributed by atoms with Crippen molar-refractivity contribution in [3.8, 4) is 11.5 Å². The highest BCUT2D eigenvalue weighted by atomic mass is 32.2. The molecule has 1 fully saturated rings. The van der Waals surface area contributed by atoms with Gasteiger partial charge in [0.25, 0.3) is 16.8 Å². The maximum atomic E-state index is 12.9. The lowest BCUT2D eigenvalue weighted by Gasteiger charge is -2.13. The van der Waals surface area contributed by atoms with E-state index in [1.54, 1.807) is 6.07 Å². The minimum absolute atomic E-state index is 0.0735. The van der Waals surface area contributed by atoms with Gasteiger partial charge in [-0.3, -0.25) is 29.4 Å². The van der Waals surface area contributed by atoms with Gasteiger partial charge in [0, 0.05) is 24.7 Å². The van der Waals surface area contributed by atoms with Crippen LogP contribution in [0.25, 0.3) is 6.08 Å². The topological polar surface area (TPSA) is 162 Å². The van der Waals surface area contributed by atoms with Crippen LogP contribution < -0.4 is 14.2 Å². The SMILES string of the molecule is COc1ccc(/C=C2\SC(=O)N(Cc3ccc([N+](=O)[O-])cc3)C2=O)cc1OS(=O)(=O)c1ccc(NC(C)=O)cc1. The molecular weight excluding hydrogens is 562 g/mol. The molecule has 3 amide bonds. The first-order chi connectivity index (χ1) is 19.0. The van der Waals surface area contributed by atoms with Crippen molar-refractivity contribution < 1.29 is 36.6 Å². The summed E-state index contributed by atoms with van der Waals surface area (Å²) in [5.74, 6) is -0.912. The van der Waals surface area contributed by atoms with Gasteiger partial charge in [-0.15, -0.1) is 0 Å². The minimum atomic E-state index is -4.30. The Hall–Kier alpha value is -4.69. The summed E-state index contributed by atoms with van der Waals surface area (Å²) in [6, 6.07) is 15.3. The van der Waals surface area contributed by atoms with Crippen molar-refractivity contribution in [1.29, 1.82) is 0 Å². The molecule has 1 heterocycles. The molecule has 4 rings (SSSR count). The molecule has 0 saturated carbocycles. The summed E-state index contributed by atoms with van der Waals surface area (Å²) < 4.78 is 36.4. The van der Waals surface area contributed by atoms with Crippen LogP contribution in [-0.2, 0) is 26.3 Å². The monoisotopic (exact) mass is 583 g/mol. The summed E-state index contributed by atoms with van der Waals surface area (Å²) in [5, 5.41) is 12.9. The molecule has 12 nitrogen and oxygen atoms in total. The van der Waals surface area contributed by atoms with Gasteiger partial charge in [-0.2, -0.15) is 8.42 Å². The van der Waals surface area contributed by atoms with Crippen molar-refractivity contribution in [2.24, 2.45) is 0 Å². The van der Waals surface area contributed by atoms with Gasteiger partial charge >= 0.3 is 10.1 Å². The maximum absolute atomic E-state index is 12.9. The highest BCUT2D eigenvalue weighted by Crippen LogP contribution is 2.36. The van der Waals surface area contributed by atoms with Gasteiger partial charge in [0.2, 0.25) is 5.91 Å². The molecule has 0 atom stereocenters. The normalized spacial score (nSPS) is 14.3. The number of amides is 3. The molecular formula is C26H21N3O9S2. The first kappa shape index (κ1) is 28.3. The minimum Gasteiger partial charge on any atom is -0.493 e. The molecule has 0 aromatic heterocycles. The van der Waals surface area contributed by atoms with Gasteiger partial charge in [0.1, 0.15) is 4.90 Å². The third-order valence-corrected chi connectivity index (χ3v) is 7.67. The molecule has 0 bridgehead atoms. The number of benzene rings is 3. The van der Waals surface area contributed by atoms with Gasteiger partial charge < -0.3 is 14.2 Å². The third-order valence-electron chi connectivity index (χ3n) is 5.51. The molecule has 3 aromatic carbocycles. The molecule has 1 N–H and O–H groups in total.